The molecule has 2 aliphatic rings. The van der Waals surface area contributed by atoms with Gasteiger partial charge in [-0.15, -0.1) is 0 Å². The van der Waals surface area contributed by atoms with E-state index in [0.717, 1.165) is 58.0 Å². The lowest BCUT2D eigenvalue weighted by Crippen LogP contribution is -2.44. The lowest BCUT2D eigenvalue weighted by Gasteiger charge is -2.31. The Hall–Kier alpha value is -2.78. The van der Waals surface area contributed by atoms with Gasteiger partial charge in [0.1, 0.15) is 23.1 Å². The maximum absolute atomic E-state index is 11.3. The molecule has 0 aromatic carbocycles. The molecule has 52 heavy (non-hydrogen) atoms. The van der Waals surface area contributed by atoms with E-state index in [1.807, 2.05) is 21.1 Å². The highest BCUT2D eigenvalue weighted by molar-refractivity contribution is 8.01. The van der Waals surface area contributed by atoms with E-state index in [0.29, 0.717) is 6.42 Å². The van der Waals surface area contributed by atoms with Crippen LogP contribution in [0.3, 0.4) is 0 Å². The summed E-state index contributed by atoms with van der Waals surface area (Å²) < 4.78 is 11.3. The molecule has 0 spiro atoms. The summed E-state index contributed by atoms with van der Waals surface area (Å²) in [5.74, 6) is 0.562. The summed E-state index contributed by atoms with van der Waals surface area (Å²) in [5.41, 5.74) is 3.55. The van der Waals surface area contributed by atoms with Gasteiger partial charge in [-0.3, -0.25) is 48.1 Å². The first-order valence-corrected chi connectivity index (χ1v) is 20.2. The summed E-state index contributed by atoms with van der Waals surface area (Å²) in [6.07, 6.45) is 10.3. The van der Waals surface area contributed by atoms with Crippen molar-refractivity contribution in [3.63, 3.8) is 0 Å². The van der Waals surface area contributed by atoms with Crippen LogP contribution in [0, 0.1) is 0 Å². The molecule has 3 N–H and O–H groups in total. The van der Waals surface area contributed by atoms with E-state index < -0.39 is 9.52 Å². The van der Waals surface area contributed by atoms with Crippen molar-refractivity contribution in [1.29, 1.82) is 0 Å². The average molecular weight is 756 g/mol. The normalized spacial score (nSPS) is 20.3. The van der Waals surface area contributed by atoms with Gasteiger partial charge < -0.3 is 16.0 Å². The number of nitrogens with zero attached hydrogens (tertiary/aromatic N) is 4. The lowest BCUT2D eigenvalue weighted by atomic mass is 9.99. The first kappa shape index (κ1) is 53.6. The fourth-order valence-electron chi connectivity index (χ4n) is 5.50. The van der Waals surface area contributed by atoms with E-state index in [1.165, 1.54) is 41.9 Å². The Bertz CT molecular complexity index is 1320. The third-order valence-electron chi connectivity index (χ3n) is 8.76. The molecule has 0 saturated carbocycles. The van der Waals surface area contributed by atoms with Crippen LogP contribution in [0.5, 0.6) is 0 Å². The standard InChI is InChI=1S/C10H20N2O.C10H19NO3S.C9H16N2O.C8H14N2O.CH4/c1-5-9(11-3)6-7-10(12-4)8(2)13;1-8(12)10(11-2)6-5-9(13)7-15(3,4)14;1-7(12)9-5-4-8(10-2)6-11(9)3;1-6(11)8-4-3-7(9-2)5-10-8;/h10,12H,5-7H2,1-4H3;7,10-11H,5-6H2,1-4H3;9H,4-6H2,1-3H3;8,10H,3-5H2,1-2H3;1H4/t2*10-;9-;8-;/m0000./s1. The number of carbonyl (C=O) groups is 5. The van der Waals surface area contributed by atoms with Crippen LogP contribution in [-0.4, -0.2) is 153 Å². The molecule has 13 nitrogen and oxygen atoms in total. The highest BCUT2D eigenvalue weighted by Gasteiger charge is 2.25. The van der Waals surface area contributed by atoms with Crippen molar-refractivity contribution >= 4 is 60.9 Å². The molecule has 0 radical (unpaired) electrons. The molecule has 0 unspecified atom stereocenters. The number of hydrogen-bond acceptors (Lipinski definition) is 13. The first-order valence-electron chi connectivity index (χ1n) is 17.8. The summed E-state index contributed by atoms with van der Waals surface area (Å²) in [6.45, 7) is 10.1. The molecule has 2 saturated heterocycles. The second-order valence-corrected chi connectivity index (χ2v) is 16.1. The van der Waals surface area contributed by atoms with Crippen LogP contribution in [0.2, 0.25) is 0 Å². The minimum atomic E-state index is -2.13. The third kappa shape index (κ3) is 25.2. The number of aliphatic imine (C=N–C) groups is 3. The number of likely N-dealkylation sites (tertiary alicyclic amines) is 1. The number of rotatable bonds is 14. The van der Waals surface area contributed by atoms with Crippen LogP contribution in [0.15, 0.2) is 15.0 Å². The van der Waals surface area contributed by atoms with E-state index in [1.54, 1.807) is 41.9 Å². The van der Waals surface area contributed by atoms with Crippen molar-refractivity contribution in [2.24, 2.45) is 15.0 Å². The summed E-state index contributed by atoms with van der Waals surface area (Å²) in [4.78, 5) is 69.9. The van der Waals surface area contributed by atoms with Gasteiger partial charge in [-0.2, -0.15) is 0 Å². The number of ketones is 5. The largest absolute Gasteiger partial charge is 0.311 e. The monoisotopic (exact) mass is 756 g/mol. The molecule has 2 rings (SSSR count). The Morgan fingerprint density at radius 2 is 1.37 bits per heavy atom. The van der Waals surface area contributed by atoms with E-state index in [4.69, 9.17) is 0 Å². The molecule has 0 aromatic rings. The van der Waals surface area contributed by atoms with Crippen molar-refractivity contribution in [3.8, 4) is 0 Å². The van der Waals surface area contributed by atoms with E-state index in [-0.39, 0.29) is 66.9 Å². The molecule has 2 heterocycles. The lowest BCUT2D eigenvalue weighted by molar-refractivity contribution is -0.122. The van der Waals surface area contributed by atoms with E-state index in [9.17, 15) is 28.2 Å². The molecular weight excluding hydrogens is 683 g/mol. The van der Waals surface area contributed by atoms with Crippen molar-refractivity contribution in [2.75, 3.05) is 67.9 Å². The average Bonchev–Trinajstić information content (AvgIpc) is 3.06. The van der Waals surface area contributed by atoms with Crippen molar-refractivity contribution in [3.05, 3.63) is 0 Å². The second-order valence-electron chi connectivity index (χ2n) is 13.3. The number of hydrogen-bond donors (Lipinski definition) is 3. The smallest absolute Gasteiger partial charge is 0.163 e. The quantitative estimate of drug-likeness (QED) is 0.176. The molecular formula is C38H73N7O6S. The second kappa shape index (κ2) is 29.6. The fourth-order valence-corrected chi connectivity index (χ4v) is 6.25. The Morgan fingerprint density at radius 3 is 1.69 bits per heavy atom. The summed E-state index contributed by atoms with van der Waals surface area (Å²) in [6, 6.07) is -0.105. The Balaban J connectivity index is -0.000000615. The molecule has 0 amide bonds. The molecule has 14 heteroatoms. The summed E-state index contributed by atoms with van der Waals surface area (Å²) in [7, 11) is 8.78. The molecule has 0 aliphatic carbocycles. The van der Waals surface area contributed by atoms with Crippen LogP contribution in [0.1, 0.15) is 99.8 Å². The van der Waals surface area contributed by atoms with Gasteiger partial charge in [-0.25, -0.2) is 0 Å². The van der Waals surface area contributed by atoms with Crippen LogP contribution in [0.25, 0.3) is 0 Å². The Kier molecular flexibility index (Phi) is 30.5. The van der Waals surface area contributed by atoms with Gasteiger partial charge in [-0.05, 0) is 110 Å². The van der Waals surface area contributed by atoms with Crippen LogP contribution >= 0.6 is 0 Å². The SMILES string of the molecule is C.CCC(CC[C@H](NC)C(C)=O)=NC.CN=C1CC[C@@H](C(C)=O)N(C)C1.CN=C1CC[C@@H](C(C)=O)NC1.CN[C@@H](CCC(=O)C=S(C)(C)=O)C(C)=O. The highest BCUT2D eigenvalue weighted by atomic mass is 32.2. The number of carbonyl (C=O) groups excluding carboxylic acids is 5. The molecule has 4 atom stereocenters. The molecule has 2 fully saturated rings. The maximum Gasteiger partial charge on any atom is 0.163 e. The number of Topliss-reactive ketones (excluding diaryl/α,β-unsaturated/α-hetero) is 5. The molecule has 302 valence electrons. The minimum absolute atomic E-state index is 0. The Morgan fingerprint density at radius 1 is 0.865 bits per heavy atom. The first-order chi connectivity index (χ1) is 23.8. The third-order valence-corrected chi connectivity index (χ3v) is 9.59. The number of likely N-dealkylation sites (N-methyl/N-ethyl adjacent to an activating group) is 3. The number of nitrogens with one attached hydrogen (secondary N) is 3. The highest BCUT2D eigenvalue weighted by Crippen LogP contribution is 2.14. The predicted octanol–water partition coefficient (Wildman–Crippen LogP) is 3.06. The minimum Gasteiger partial charge on any atom is -0.311 e. The van der Waals surface area contributed by atoms with Crippen LogP contribution in [-0.2, 0) is 33.5 Å². The van der Waals surface area contributed by atoms with Gasteiger partial charge in [0.15, 0.2) is 5.78 Å². The zero-order valence-electron chi connectivity index (χ0n) is 33.8. The predicted molar refractivity (Wildman–Crippen MR) is 222 cm³/mol. The summed E-state index contributed by atoms with van der Waals surface area (Å²) in [5, 5.41) is 10.2. The van der Waals surface area contributed by atoms with Gasteiger partial charge >= 0.3 is 0 Å². The van der Waals surface area contributed by atoms with Crippen LogP contribution < -0.4 is 16.0 Å². The van der Waals surface area contributed by atoms with Crippen molar-refractivity contribution in [2.45, 2.75) is 124 Å². The zero-order valence-corrected chi connectivity index (χ0v) is 34.6. The van der Waals surface area contributed by atoms with Gasteiger partial charge in [-0.1, -0.05) is 14.4 Å². The van der Waals surface area contributed by atoms with Gasteiger partial charge in [0, 0.05) is 75.7 Å². The Labute approximate surface area is 316 Å². The van der Waals surface area contributed by atoms with E-state index in [2.05, 4.69) is 42.8 Å². The van der Waals surface area contributed by atoms with Crippen LogP contribution in [0.4, 0.5) is 0 Å². The van der Waals surface area contributed by atoms with Gasteiger partial charge in [0.2, 0.25) is 0 Å². The summed E-state index contributed by atoms with van der Waals surface area (Å²) >= 11 is 0. The molecule has 2 aliphatic heterocycles. The van der Waals surface area contributed by atoms with Crippen molar-refractivity contribution in [1.82, 2.24) is 20.9 Å². The topological polar surface area (TPSA) is 179 Å². The van der Waals surface area contributed by atoms with Crippen molar-refractivity contribution < 1.29 is 28.2 Å². The van der Waals surface area contributed by atoms with Gasteiger partial charge in [0.05, 0.1) is 24.2 Å². The number of piperidine rings is 2. The zero-order chi connectivity index (χ0) is 39.7. The fraction of sp³-hybridized carbons (Fsp3) is 0.763. The van der Waals surface area contributed by atoms with E-state index >= 15 is 0 Å². The molecule has 0 aromatic heterocycles. The van der Waals surface area contributed by atoms with Gasteiger partial charge in [0.25, 0.3) is 0 Å². The molecule has 0 bridgehead atoms. The maximum atomic E-state index is 11.3.